The fourth-order valence-corrected chi connectivity index (χ4v) is 8.66. The van der Waals surface area contributed by atoms with E-state index >= 15 is 4.39 Å². The average Bonchev–Trinajstić information content (AvgIpc) is 3.13. The van der Waals surface area contributed by atoms with Gasteiger partial charge in [0.15, 0.2) is 0 Å². The fraction of sp³-hybridized carbons (Fsp3) is 0.568. The summed E-state index contributed by atoms with van der Waals surface area (Å²) in [6.45, 7) is 7.96. The number of benzene rings is 2. The van der Waals surface area contributed by atoms with E-state index in [1.807, 2.05) is 0 Å². The topological polar surface area (TPSA) is 120 Å². The number of rotatable bonds is 11. The molecule has 0 saturated carbocycles. The second-order valence-corrected chi connectivity index (χ2v) is 15.4. The first-order chi connectivity index (χ1) is 24.8. The number of hydrogen-bond donors (Lipinski definition) is 2. The first-order valence-electron chi connectivity index (χ1n) is 18.2. The standard InChI is InChI=1S/C37H46F2N6O5S/c38-30-19-26(45-14-7-34(46)42-37(45)48)1-2-29(30)25-5-12-44(13-6-25)16-15-43-10-3-24(4-11-43)22-50-27-20-31(39)35-32(21-27)40-33(41-36(35)47)23-51-28-8-17-49-18-9-28/h1-2,19-21,24-25,28H,3-18,22-23H2,(H,40,41,47)(H,42,46,48). The highest BCUT2D eigenvalue weighted by Gasteiger charge is 2.28. The Bertz CT molecular complexity index is 1770. The Morgan fingerprint density at radius 2 is 1.61 bits per heavy atom. The molecule has 0 unspecified atom stereocenters. The number of piperidine rings is 2. The molecule has 4 saturated heterocycles. The van der Waals surface area contributed by atoms with Crippen LogP contribution < -0.4 is 20.5 Å². The number of likely N-dealkylation sites (tertiary alicyclic amines) is 2. The summed E-state index contributed by atoms with van der Waals surface area (Å²) < 4.78 is 41.6. The van der Waals surface area contributed by atoms with E-state index in [2.05, 4.69) is 25.1 Å². The molecule has 3 amide bonds. The van der Waals surface area contributed by atoms with E-state index in [0.717, 1.165) is 91.0 Å². The van der Waals surface area contributed by atoms with E-state index < -0.39 is 17.4 Å². The van der Waals surface area contributed by atoms with Crippen molar-refractivity contribution in [3.05, 3.63) is 63.7 Å². The molecule has 4 aliphatic heterocycles. The van der Waals surface area contributed by atoms with Gasteiger partial charge >= 0.3 is 6.03 Å². The van der Waals surface area contributed by atoms with Gasteiger partial charge in [-0.1, -0.05) is 6.07 Å². The molecule has 14 heteroatoms. The minimum atomic E-state index is -0.621. The van der Waals surface area contributed by atoms with Gasteiger partial charge in [-0.05, 0) is 94.2 Å². The van der Waals surface area contributed by atoms with Crippen molar-refractivity contribution in [2.45, 2.75) is 61.9 Å². The monoisotopic (exact) mass is 724 g/mol. The minimum Gasteiger partial charge on any atom is -0.493 e. The zero-order chi connectivity index (χ0) is 35.3. The number of aromatic nitrogens is 2. The van der Waals surface area contributed by atoms with Crippen LogP contribution in [0.2, 0.25) is 0 Å². The molecular formula is C37H46F2N6O5S. The molecule has 0 aliphatic carbocycles. The zero-order valence-corrected chi connectivity index (χ0v) is 29.7. The predicted octanol–water partition coefficient (Wildman–Crippen LogP) is 5.03. The first-order valence-corrected chi connectivity index (χ1v) is 19.2. The van der Waals surface area contributed by atoms with Crippen LogP contribution in [-0.4, -0.2) is 103 Å². The van der Waals surface area contributed by atoms with E-state index in [4.69, 9.17) is 9.47 Å². The Balaban J connectivity index is 0.832. The number of hydrogen-bond acceptors (Lipinski definition) is 9. The molecule has 11 nitrogen and oxygen atoms in total. The van der Waals surface area contributed by atoms with Crippen LogP contribution in [0.25, 0.3) is 10.9 Å². The summed E-state index contributed by atoms with van der Waals surface area (Å²) >= 11 is 1.75. The van der Waals surface area contributed by atoms with Gasteiger partial charge in [0, 0.05) is 62.3 Å². The minimum absolute atomic E-state index is 0.0362. The number of amides is 3. The highest BCUT2D eigenvalue weighted by molar-refractivity contribution is 7.99. The number of imide groups is 1. The number of urea groups is 1. The molecule has 274 valence electrons. The lowest BCUT2D eigenvalue weighted by Gasteiger charge is -2.36. The maximum Gasteiger partial charge on any atom is 0.328 e. The molecule has 5 heterocycles. The van der Waals surface area contributed by atoms with Crippen molar-refractivity contribution in [1.29, 1.82) is 0 Å². The van der Waals surface area contributed by atoms with Crippen molar-refractivity contribution in [3.63, 3.8) is 0 Å². The number of carbonyl (C=O) groups excluding carboxylic acids is 2. The summed E-state index contributed by atoms with van der Waals surface area (Å²) in [6.07, 6.45) is 5.90. The lowest BCUT2D eigenvalue weighted by molar-refractivity contribution is -0.120. The van der Waals surface area contributed by atoms with Gasteiger partial charge in [-0.15, -0.1) is 0 Å². The molecule has 4 fully saturated rings. The van der Waals surface area contributed by atoms with Crippen molar-refractivity contribution in [3.8, 4) is 5.75 Å². The Kier molecular flexibility index (Phi) is 11.5. The number of anilines is 1. The quantitative estimate of drug-likeness (QED) is 0.281. The first kappa shape index (κ1) is 35.8. The normalized spacial score (nSPS) is 20.6. The molecule has 7 rings (SSSR count). The highest BCUT2D eigenvalue weighted by Crippen LogP contribution is 2.33. The van der Waals surface area contributed by atoms with Gasteiger partial charge in [-0.3, -0.25) is 19.8 Å². The number of aromatic amines is 1. The summed E-state index contributed by atoms with van der Waals surface area (Å²) in [5.41, 5.74) is 1.02. The third-order valence-corrected chi connectivity index (χ3v) is 12.1. The van der Waals surface area contributed by atoms with Crippen molar-refractivity contribution in [2.75, 3.05) is 70.5 Å². The Hall–Kier alpha value is -3.59. The molecule has 0 spiro atoms. The number of ether oxygens (including phenoxy) is 2. The van der Waals surface area contributed by atoms with E-state index in [0.29, 0.717) is 51.9 Å². The molecule has 0 atom stereocenters. The van der Waals surface area contributed by atoms with E-state index in [1.54, 1.807) is 30.0 Å². The molecule has 0 radical (unpaired) electrons. The van der Waals surface area contributed by atoms with E-state index in [-0.39, 0.29) is 36.0 Å². The number of carbonyl (C=O) groups is 2. The van der Waals surface area contributed by atoms with E-state index in [9.17, 15) is 18.8 Å². The van der Waals surface area contributed by atoms with Crippen molar-refractivity contribution in [2.24, 2.45) is 5.92 Å². The smallest absolute Gasteiger partial charge is 0.328 e. The average molecular weight is 725 g/mol. The summed E-state index contributed by atoms with van der Waals surface area (Å²) in [7, 11) is 0. The maximum atomic E-state index is 15.2. The summed E-state index contributed by atoms with van der Waals surface area (Å²) in [4.78, 5) is 50.0. The predicted molar refractivity (Wildman–Crippen MR) is 192 cm³/mol. The summed E-state index contributed by atoms with van der Waals surface area (Å²) in [5.74, 6) is 0.770. The third kappa shape index (κ3) is 8.90. The molecular weight excluding hydrogens is 679 g/mol. The maximum absolute atomic E-state index is 15.2. The van der Waals surface area contributed by atoms with Gasteiger partial charge in [0.2, 0.25) is 5.91 Å². The van der Waals surface area contributed by atoms with Crippen molar-refractivity contribution in [1.82, 2.24) is 25.1 Å². The molecule has 2 aromatic carbocycles. The SMILES string of the molecule is O=C1CCN(c2ccc(C3CCN(CCN4CCC(COc5cc(F)c6c(=O)[nH]c(CSC7CCOCC7)nc6c5)CC4)CC3)c(F)c2)C(=O)N1. The summed E-state index contributed by atoms with van der Waals surface area (Å²) in [6, 6.07) is 7.44. The Morgan fingerprint density at radius 3 is 2.31 bits per heavy atom. The number of halogens is 2. The van der Waals surface area contributed by atoms with Crippen molar-refractivity contribution < 1.29 is 27.8 Å². The van der Waals surface area contributed by atoms with Crippen LogP contribution >= 0.6 is 11.8 Å². The van der Waals surface area contributed by atoms with Crippen LogP contribution in [-0.2, 0) is 15.3 Å². The van der Waals surface area contributed by atoms with Gasteiger partial charge in [0.05, 0.1) is 17.9 Å². The molecule has 51 heavy (non-hydrogen) atoms. The van der Waals surface area contributed by atoms with Crippen LogP contribution in [0.3, 0.4) is 0 Å². The molecule has 4 aliphatic rings. The lowest BCUT2D eigenvalue weighted by atomic mass is 9.89. The van der Waals surface area contributed by atoms with Crippen molar-refractivity contribution >= 4 is 40.3 Å². The number of fused-ring (bicyclic) bond motifs is 1. The molecule has 2 N–H and O–H groups in total. The van der Waals surface area contributed by atoms with Crippen LogP contribution in [0.1, 0.15) is 62.3 Å². The zero-order valence-electron chi connectivity index (χ0n) is 28.8. The van der Waals surface area contributed by atoms with Crippen LogP contribution in [0.4, 0.5) is 19.3 Å². The van der Waals surface area contributed by atoms with Crippen LogP contribution in [0, 0.1) is 17.6 Å². The molecule has 1 aromatic heterocycles. The van der Waals surface area contributed by atoms with Gasteiger partial charge in [0.25, 0.3) is 5.56 Å². The number of H-pyrrole nitrogens is 1. The highest BCUT2D eigenvalue weighted by atomic mass is 32.2. The number of thioether (sulfide) groups is 1. The van der Waals surface area contributed by atoms with Crippen LogP contribution in [0.5, 0.6) is 5.75 Å². The molecule has 0 bridgehead atoms. The van der Waals surface area contributed by atoms with E-state index in [1.165, 1.54) is 17.0 Å². The van der Waals surface area contributed by atoms with Gasteiger partial charge in [0.1, 0.15) is 28.6 Å². The fourth-order valence-electron chi connectivity index (χ4n) is 7.61. The van der Waals surface area contributed by atoms with Gasteiger partial charge in [-0.25, -0.2) is 18.6 Å². The number of nitrogens with one attached hydrogen (secondary N) is 2. The van der Waals surface area contributed by atoms with Gasteiger partial charge < -0.3 is 24.3 Å². The second kappa shape index (κ2) is 16.4. The lowest BCUT2D eigenvalue weighted by Crippen LogP contribution is -2.49. The van der Waals surface area contributed by atoms with Gasteiger partial charge in [-0.2, -0.15) is 11.8 Å². The number of nitrogens with zero attached hydrogens (tertiary/aromatic N) is 4. The Labute approximate surface area is 300 Å². The second-order valence-electron chi connectivity index (χ2n) is 14.1. The summed E-state index contributed by atoms with van der Waals surface area (Å²) in [5, 5.41) is 2.71. The third-order valence-electron chi connectivity index (χ3n) is 10.7. The Morgan fingerprint density at radius 1 is 0.882 bits per heavy atom. The largest absolute Gasteiger partial charge is 0.493 e. The molecule has 3 aromatic rings. The van der Waals surface area contributed by atoms with Crippen LogP contribution in [0.15, 0.2) is 35.1 Å².